The summed E-state index contributed by atoms with van der Waals surface area (Å²) in [6.45, 7) is 7.94. The predicted octanol–water partition coefficient (Wildman–Crippen LogP) is 3.17. The molecule has 0 heterocycles. The van der Waals surface area contributed by atoms with Crippen molar-refractivity contribution in [1.82, 2.24) is 0 Å². The molecule has 10 heteroatoms. The largest absolute Gasteiger partial charge is 0.393 e. The SMILES string of the molecule is CC(C)(CCC(O)CCC(O)CCC(C)(C)CCP(N)(=O)O)CCP(N)(=O)O. The van der Waals surface area contributed by atoms with E-state index >= 15 is 0 Å². The molecule has 8 nitrogen and oxygen atoms in total. The summed E-state index contributed by atoms with van der Waals surface area (Å²) in [4.78, 5) is 18.4. The highest BCUT2D eigenvalue weighted by Gasteiger charge is 2.25. The van der Waals surface area contributed by atoms with Gasteiger partial charge in [0.2, 0.25) is 0 Å². The maximum Gasteiger partial charge on any atom is 0.264 e. The zero-order chi connectivity index (χ0) is 22.2. The Bertz CT molecular complexity index is 496. The average Bonchev–Trinajstić information content (AvgIpc) is 2.52. The third-order valence-corrected chi connectivity index (χ3v) is 7.09. The lowest BCUT2D eigenvalue weighted by atomic mass is 9.82. The van der Waals surface area contributed by atoms with Crippen LogP contribution in [0.5, 0.6) is 0 Å². The van der Waals surface area contributed by atoms with Crippen LogP contribution < -0.4 is 11.0 Å². The van der Waals surface area contributed by atoms with Crippen LogP contribution >= 0.6 is 15.0 Å². The molecule has 0 aliphatic carbocycles. The highest BCUT2D eigenvalue weighted by atomic mass is 31.2. The normalized spacial score (nSPS) is 19.6. The molecule has 4 atom stereocenters. The third-order valence-electron chi connectivity index (χ3n) is 5.36. The van der Waals surface area contributed by atoms with Gasteiger partial charge in [-0.25, -0.2) is 0 Å². The van der Waals surface area contributed by atoms with E-state index in [0.717, 1.165) is 0 Å². The van der Waals surface area contributed by atoms with Gasteiger partial charge >= 0.3 is 0 Å². The molecule has 0 aliphatic rings. The average molecular weight is 444 g/mol. The van der Waals surface area contributed by atoms with E-state index in [0.29, 0.717) is 51.4 Å². The summed E-state index contributed by atoms with van der Waals surface area (Å²) in [6, 6.07) is 0. The molecule has 0 bridgehead atoms. The van der Waals surface area contributed by atoms with Crippen LogP contribution in [-0.2, 0) is 9.13 Å². The van der Waals surface area contributed by atoms with Crippen molar-refractivity contribution in [3.8, 4) is 0 Å². The Morgan fingerprint density at radius 3 is 1.21 bits per heavy atom. The number of aliphatic hydroxyl groups excluding tert-OH is 2. The van der Waals surface area contributed by atoms with Gasteiger partial charge in [-0.2, -0.15) is 0 Å². The van der Waals surface area contributed by atoms with Gasteiger partial charge in [0.15, 0.2) is 0 Å². The minimum absolute atomic E-state index is 0.0699. The van der Waals surface area contributed by atoms with E-state index in [-0.39, 0.29) is 23.2 Å². The molecule has 0 spiro atoms. The first kappa shape index (κ1) is 28.2. The molecule has 170 valence electrons. The van der Waals surface area contributed by atoms with E-state index in [2.05, 4.69) is 0 Å². The monoisotopic (exact) mass is 444 g/mol. The molecular weight excluding hydrogens is 402 g/mol. The second-order valence-corrected chi connectivity index (χ2v) is 13.7. The third kappa shape index (κ3) is 17.1. The standard InChI is InChI=1S/C18H42N2O6P2/c1-17(2,11-13-27(19,23)24)9-7-15(21)5-6-16(22)8-10-18(3,4)12-14-28(20,25)26/h15-16,21-22H,5-14H2,1-4H3,(H3,19,23,24)(H3,20,25,26). The van der Waals surface area contributed by atoms with Gasteiger partial charge in [-0.15, -0.1) is 0 Å². The number of rotatable bonds is 15. The maximum atomic E-state index is 11.2. The van der Waals surface area contributed by atoms with Crippen molar-refractivity contribution in [2.24, 2.45) is 21.8 Å². The van der Waals surface area contributed by atoms with E-state index in [4.69, 9.17) is 11.0 Å². The fraction of sp³-hybridized carbons (Fsp3) is 1.00. The van der Waals surface area contributed by atoms with Crippen molar-refractivity contribution in [1.29, 1.82) is 0 Å². The van der Waals surface area contributed by atoms with Crippen LogP contribution in [0.1, 0.15) is 79.1 Å². The summed E-state index contributed by atoms with van der Waals surface area (Å²) < 4.78 is 22.4. The lowest BCUT2D eigenvalue weighted by molar-refractivity contribution is 0.0874. The first-order valence-corrected chi connectivity index (χ1v) is 13.8. The van der Waals surface area contributed by atoms with Crippen LogP contribution in [0.15, 0.2) is 0 Å². The summed E-state index contributed by atoms with van der Waals surface area (Å²) in [7, 11) is -7.01. The van der Waals surface area contributed by atoms with Crippen LogP contribution in [0.2, 0.25) is 0 Å². The molecule has 0 aliphatic heterocycles. The van der Waals surface area contributed by atoms with Crippen molar-refractivity contribution < 1.29 is 29.1 Å². The minimum Gasteiger partial charge on any atom is -0.393 e. The van der Waals surface area contributed by atoms with Crippen LogP contribution in [0.25, 0.3) is 0 Å². The van der Waals surface area contributed by atoms with Crippen LogP contribution in [0.3, 0.4) is 0 Å². The van der Waals surface area contributed by atoms with Gasteiger partial charge in [-0.1, -0.05) is 27.7 Å². The van der Waals surface area contributed by atoms with Crippen LogP contribution in [0, 0.1) is 10.8 Å². The molecule has 28 heavy (non-hydrogen) atoms. The predicted molar refractivity (Wildman–Crippen MR) is 114 cm³/mol. The molecule has 0 amide bonds. The second kappa shape index (κ2) is 11.6. The number of hydrogen-bond donors (Lipinski definition) is 6. The molecular formula is C18H42N2O6P2. The van der Waals surface area contributed by atoms with Crippen molar-refractivity contribution in [3.63, 3.8) is 0 Å². The highest BCUT2D eigenvalue weighted by Crippen LogP contribution is 2.39. The van der Waals surface area contributed by atoms with E-state index in [1.807, 2.05) is 27.7 Å². The van der Waals surface area contributed by atoms with Gasteiger partial charge in [-0.05, 0) is 62.2 Å². The lowest BCUT2D eigenvalue weighted by Gasteiger charge is -2.27. The Balaban J connectivity index is 4.12. The molecule has 0 aromatic heterocycles. The van der Waals surface area contributed by atoms with Gasteiger partial charge in [0.1, 0.15) is 0 Å². The van der Waals surface area contributed by atoms with Crippen molar-refractivity contribution >= 4 is 15.0 Å². The first-order chi connectivity index (χ1) is 12.4. The van der Waals surface area contributed by atoms with Crippen molar-refractivity contribution in [2.45, 2.75) is 91.3 Å². The summed E-state index contributed by atoms with van der Waals surface area (Å²) in [5.74, 6) is 0. The van der Waals surface area contributed by atoms with Crippen LogP contribution in [-0.4, -0.2) is 44.5 Å². The molecule has 8 N–H and O–H groups in total. The summed E-state index contributed by atoms with van der Waals surface area (Å²) in [6.07, 6.45) is 3.63. The molecule has 0 saturated carbocycles. The Kier molecular flexibility index (Phi) is 11.7. The maximum absolute atomic E-state index is 11.2. The fourth-order valence-corrected chi connectivity index (χ4v) is 4.82. The molecule has 0 rings (SSSR count). The Labute approximate surface area is 170 Å². The summed E-state index contributed by atoms with van der Waals surface area (Å²) >= 11 is 0. The van der Waals surface area contributed by atoms with E-state index in [9.17, 15) is 29.1 Å². The van der Waals surface area contributed by atoms with Gasteiger partial charge < -0.3 is 20.0 Å². The van der Waals surface area contributed by atoms with Gasteiger partial charge in [0, 0.05) is 12.3 Å². The quantitative estimate of drug-likeness (QED) is 0.209. The molecule has 0 radical (unpaired) electrons. The second-order valence-electron chi connectivity index (χ2n) is 9.75. The topological polar surface area (TPSA) is 167 Å². The molecule has 0 fully saturated rings. The van der Waals surface area contributed by atoms with Gasteiger partial charge in [0.05, 0.1) is 12.2 Å². The van der Waals surface area contributed by atoms with Gasteiger partial charge in [0.25, 0.3) is 15.0 Å². The fourth-order valence-electron chi connectivity index (χ4n) is 2.96. The minimum atomic E-state index is -3.50. The zero-order valence-corrected chi connectivity index (χ0v) is 19.7. The summed E-state index contributed by atoms with van der Waals surface area (Å²) in [5, 5.41) is 20.4. The number of aliphatic hydroxyl groups is 2. The first-order valence-electron chi connectivity index (χ1n) is 9.98. The van der Waals surface area contributed by atoms with E-state index in [1.54, 1.807) is 0 Å². The van der Waals surface area contributed by atoms with Gasteiger partial charge in [-0.3, -0.25) is 20.1 Å². The van der Waals surface area contributed by atoms with E-state index < -0.39 is 27.2 Å². The zero-order valence-electron chi connectivity index (χ0n) is 17.9. The van der Waals surface area contributed by atoms with Crippen LogP contribution in [0.4, 0.5) is 0 Å². The molecule has 0 saturated heterocycles. The lowest BCUT2D eigenvalue weighted by Crippen LogP contribution is -2.21. The van der Waals surface area contributed by atoms with Crippen molar-refractivity contribution in [2.75, 3.05) is 12.3 Å². The molecule has 4 unspecified atom stereocenters. The Morgan fingerprint density at radius 2 is 0.964 bits per heavy atom. The summed E-state index contributed by atoms with van der Waals surface area (Å²) in [5.41, 5.74) is 9.99. The Morgan fingerprint density at radius 1 is 0.679 bits per heavy atom. The van der Waals surface area contributed by atoms with Crippen molar-refractivity contribution in [3.05, 3.63) is 0 Å². The smallest absolute Gasteiger partial charge is 0.264 e. The number of hydrogen-bond acceptors (Lipinski definition) is 4. The molecule has 0 aromatic rings. The highest BCUT2D eigenvalue weighted by molar-refractivity contribution is 7.55. The Hall–Kier alpha value is 0.220. The number of nitrogens with two attached hydrogens (primary N) is 2. The van der Waals surface area contributed by atoms with E-state index in [1.165, 1.54) is 0 Å². The molecule has 0 aromatic carbocycles.